The van der Waals surface area contributed by atoms with Crippen molar-refractivity contribution in [2.24, 2.45) is 12.9 Å². The zero-order chi connectivity index (χ0) is 14.0. The largest absolute Gasteiger partial charge is 0.355 e. The van der Waals surface area contributed by atoms with Gasteiger partial charge in [-0.1, -0.05) is 0 Å². The van der Waals surface area contributed by atoms with Gasteiger partial charge in [0.2, 0.25) is 0 Å². The lowest BCUT2D eigenvalue weighted by molar-refractivity contribution is 0.766. The van der Waals surface area contributed by atoms with Crippen molar-refractivity contribution in [1.29, 1.82) is 0 Å². The second kappa shape index (κ2) is 5.23. The van der Waals surface area contributed by atoms with Gasteiger partial charge in [0.1, 0.15) is 17.5 Å². The van der Waals surface area contributed by atoms with Crippen LogP contribution >= 0.6 is 0 Å². The summed E-state index contributed by atoms with van der Waals surface area (Å²) in [5.41, 5.74) is 4.66. The molecule has 19 heavy (non-hydrogen) atoms. The topological polar surface area (TPSA) is 84.9 Å². The van der Waals surface area contributed by atoms with Gasteiger partial charge < -0.3 is 10.3 Å². The molecule has 2 rings (SSSR count). The Kier molecular flexibility index (Phi) is 3.66. The standard InChI is InChI=1S/C12H19N7/c1-8-11(17-13)15-9(2)16-12(8)18(3)6-10-5-14-19(4)7-10/h5,7H,6,13H2,1-4H3,(H,15,16,17). The second-order valence-corrected chi connectivity index (χ2v) is 4.59. The lowest BCUT2D eigenvalue weighted by atomic mass is 10.2. The summed E-state index contributed by atoms with van der Waals surface area (Å²) in [6.07, 6.45) is 3.84. The Balaban J connectivity index is 2.28. The van der Waals surface area contributed by atoms with Crippen molar-refractivity contribution in [3.8, 4) is 0 Å². The summed E-state index contributed by atoms with van der Waals surface area (Å²) in [4.78, 5) is 10.8. The van der Waals surface area contributed by atoms with Gasteiger partial charge in [0.25, 0.3) is 0 Å². The molecule has 7 heteroatoms. The normalized spacial score (nSPS) is 10.6. The zero-order valence-corrected chi connectivity index (χ0v) is 11.7. The molecule has 0 unspecified atom stereocenters. The SMILES string of the molecule is Cc1nc(NN)c(C)c(N(C)Cc2cnn(C)c2)n1. The van der Waals surface area contributed by atoms with Crippen LogP contribution in [0, 0.1) is 13.8 Å². The molecule has 3 N–H and O–H groups in total. The van der Waals surface area contributed by atoms with E-state index >= 15 is 0 Å². The van der Waals surface area contributed by atoms with Gasteiger partial charge in [-0.15, -0.1) is 0 Å². The zero-order valence-electron chi connectivity index (χ0n) is 11.7. The highest BCUT2D eigenvalue weighted by Crippen LogP contribution is 2.23. The quantitative estimate of drug-likeness (QED) is 0.624. The lowest BCUT2D eigenvalue weighted by Gasteiger charge is -2.21. The molecule has 2 aromatic rings. The number of nitrogens with zero attached hydrogens (tertiary/aromatic N) is 5. The number of hydrogen-bond donors (Lipinski definition) is 2. The van der Waals surface area contributed by atoms with Crippen LogP contribution in [0.2, 0.25) is 0 Å². The van der Waals surface area contributed by atoms with Crippen LogP contribution in [0.3, 0.4) is 0 Å². The molecule has 0 spiro atoms. The predicted octanol–water partition coefficient (Wildman–Crippen LogP) is 0.749. The monoisotopic (exact) mass is 261 g/mol. The molecule has 0 atom stereocenters. The number of aromatic nitrogens is 4. The molecule has 0 aliphatic heterocycles. The molecule has 0 radical (unpaired) electrons. The number of anilines is 2. The summed E-state index contributed by atoms with van der Waals surface area (Å²) in [6, 6.07) is 0. The molecule has 7 nitrogen and oxygen atoms in total. The number of nitrogen functional groups attached to an aromatic ring is 1. The second-order valence-electron chi connectivity index (χ2n) is 4.59. The summed E-state index contributed by atoms with van der Waals surface area (Å²) in [6.45, 7) is 4.53. The van der Waals surface area contributed by atoms with Gasteiger partial charge in [-0.2, -0.15) is 5.10 Å². The minimum absolute atomic E-state index is 0.653. The van der Waals surface area contributed by atoms with Gasteiger partial charge >= 0.3 is 0 Å². The first kappa shape index (κ1) is 13.3. The maximum absolute atomic E-state index is 5.47. The first-order valence-corrected chi connectivity index (χ1v) is 6.01. The minimum atomic E-state index is 0.653. The van der Waals surface area contributed by atoms with Gasteiger partial charge in [-0.3, -0.25) is 4.68 Å². The minimum Gasteiger partial charge on any atom is -0.355 e. The van der Waals surface area contributed by atoms with E-state index in [-0.39, 0.29) is 0 Å². The molecule has 0 aliphatic rings. The first-order chi connectivity index (χ1) is 9.01. The Morgan fingerprint density at radius 2 is 2.11 bits per heavy atom. The van der Waals surface area contributed by atoms with E-state index < -0.39 is 0 Å². The average Bonchev–Trinajstić information content (AvgIpc) is 2.77. The van der Waals surface area contributed by atoms with E-state index in [1.165, 1.54) is 0 Å². The van der Waals surface area contributed by atoms with Crippen molar-refractivity contribution in [1.82, 2.24) is 19.7 Å². The fraction of sp³-hybridized carbons (Fsp3) is 0.417. The summed E-state index contributed by atoms with van der Waals surface area (Å²) in [5.74, 6) is 7.68. The highest BCUT2D eigenvalue weighted by Gasteiger charge is 2.13. The van der Waals surface area contributed by atoms with Crippen molar-refractivity contribution < 1.29 is 0 Å². The molecule has 0 saturated heterocycles. The van der Waals surface area contributed by atoms with E-state index in [9.17, 15) is 0 Å². The number of nitrogens with two attached hydrogens (primary N) is 1. The average molecular weight is 261 g/mol. The molecule has 102 valence electrons. The smallest absolute Gasteiger partial charge is 0.148 e. The molecular weight excluding hydrogens is 242 g/mol. The highest BCUT2D eigenvalue weighted by molar-refractivity contribution is 5.57. The van der Waals surface area contributed by atoms with Gasteiger partial charge in [0, 0.05) is 38.0 Å². The van der Waals surface area contributed by atoms with Crippen molar-refractivity contribution in [3.05, 3.63) is 29.3 Å². The van der Waals surface area contributed by atoms with E-state index in [1.54, 1.807) is 4.68 Å². The third-order valence-corrected chi connectivity index (χ3v) is 2.91. The maximum Gasteiger partial charge on any atom is 0.148 e. The van der Waals surface area contributed by atoms with Crippen LogP contribution in [0.15, 0.2) is 12.4 Å². The molecule has 2 aromatic heterocycles. The third kappa shape index (κ3) is 2.82. The number of nitrogens with one attached hydrogen (secondary N) is 1. The Bertz CT molecular complexity index is 575. The van der Waals surface area contributed by atoms with E-state index in [4.69, 9.17) is 5.84 Å². The van der Waals surface area contributed by atoms with Crippen molar-refractivity contribution in [2.75, 3.05) is 17.4 Å². The number of hydrazine groups is 1. The fourth-order valence-corrected chi connectivity index (χ4v) is 2.03. The van der Waals surface area contributed by atoms with Gasteiger partial charge in [-0.05, 0) is 13.8 Å². The van der Waals surface area contributed by atoms with Crippen LogP contribution in [0.1, 0.15) is 17.0 Å². The maximum atomic E-state index is 5.47. The fourth-order valence-electron chi connectivity index (χ4n) is 2.03. The van der Waals surface area contributed by atoms with E-state index in [1.807, 2.05) is 40.3 Å². The van der Waals surface area contributed by atoms with E-state index in [0.717, 1.165) is 23.5 Å². The molecule has 0 saturated carbocycles. The van der Waals surface area contributed by atoms with Crippen LogP contribution in [0.25, 0.3) is 0 Å². The molecule has 0 amide bonds. The highest BCUT2D eigenvalue weighted by atomic mass is 15.3. The Morgan fingerprint density at radius 3 is 2.68 bits per heavy atom. The van der Waals surface area contributed by atoms with Crippen molar-refractivity contribution >= 4 is 11.6 Å². The van der Waals surface area contributed by atoms with Crippen LogP contribution in [-0.4, -0.2) is 26.8 Å². The number of rotatable bonds is 4. The van der Waals surface area contributed by atoms with Crippen LogP contribution in [0.4, 0.5) is 11.6 Å². The summed E-state index contributed by atoms with van der Waals surface area (Å²) in [5, 5.41) is 4.16. The summed E-state index contributed by atoms with van der Waals surface area (Å²) in [7, 11) is 3.89. The van der Waals surface area contributed by atoms with Crippen LogP contribution in [0.5, 0.6) is 0 Å². The van der Waals surface area contributed by atoms with Crippen molar-refractivity contribution in [2.45, 2.75) is 20.4 Å². The van der Waals surface area contributed by atoms with Crippen LogP contribution in [-0.2, 0) is 13.6 Å². The van der Waals surface area contributed by atoms with Gasteiger partial charge in [0.05, 0.1) is 6.20 Å². The molecule has 2 heterocycles. The predicted molar refractivity (Wildman–Crippen MR) is 74.6 cm³/mol. The molecule has 0 aliphatic carbocycles. The third-order valence-electron chi connectivity index (χ3n) is 2.91. The first-order valence-electron chi connectivity index (χ1n) is 6.01. The Morgan fingerprint density at radius 1 is 1.37 bits per heavy atom. The molecule has 0 fully saturated rings. The van der Waals surface area contributed by atoms with Gasteiger partial charge in [0.15, 0.2) is 0 Å². The molecule has 0 aromatic carbocycles. The molecule has 0 bridgehead atoms. The Labute approximate surface area is 112 Å². The van der Waals surface area contributed by atoms with E-state index in [0.29, 0.717) is 11.6 Å². The van der Waals surface area contributed by atoms with Crippen molar-refractivity contribution in [3.63, 3.8) is 0 Å². The summed E-state index contributed by atoms with van der Waals surface area (Å²) < 4.78 is 1.79. The lowest BCUT2D eigenvalue weighted by Crippen LogP contribution is -2.21. The number of hydrogen-bond acceptors (Lipinski definition) is 6. The molecular formula is C12H19N7. The summed E-state index contributed by atoms with van der Waals surface area (Å²) >= 11 is 0. The van der Waals surface area contributed by atoms with E-state index in [2.05, 4.69) is 25.4 Å². The van der Waals surface area contributed by atoms with Crippen LogP contribution < -0.4 is 16.2 Å². The van der Waals surface area contributed by atoms with Gasteiger partial charge in [-0.25, -0.2) is 15.8 Å². The number of aryl methyl sites for hydroxylation is 2. The Hall–Kier alpha value is -2.15.